The van der Waals surface area contributed by atoms with Crippen molar-refractivity contribution in [2.24, 2.45) is 0 Å². The third-order valence-corrected chi connectivity index (χ3v) is 3.28. The summed E-state index contributed by atoms with van der Waals surface area (Å²) < 4.78 is 28.2. The maximum atomic E-state index is 13.7. The quantitative estimate of drug-likeness (QED) is 0.815. The second-order valence-electron chi connectivity index (χ2n) is 4.24. The van der Waals surface area contributed by atoms with E-state index < -0.39 is 23.1 Å². The minimum Gasteiger partial charge on any atom is -0.396 e. The molecule has 104 valence electrons. The van der Waals surface area contributed by atoms with Crippen LogP contribution in [0.5, 0.6) is 0 Å². The van der Waals surface area contributed by atoms with Crippen LogP contribution in [0.15, 0.2) is 34.8 Å². The van der Waals surface area contributed by atoms with Crippen molar-refractivity contribution in [3.8, 4) is 0 Å². The molecule has 2 rings (SSSR count). The van der Waals surface area contributed by atoms with Gasteiger partial charge in [-0.05, 0) is 42.8 Å². The van der Waals surface area contributed by atoms with Crippen LogP contribution in [-0.4, -0.2) is 5.91 Å². The Labute approximate surface area is 122 Å². The van der Waals surface area contributed by atoms with Crippen LogP contribution in [0.2, 0.25) is 0 Å². The molecule has 0 aromatic heterocycles. The maximum absolute atomic E-state index is 13.7. The lowest BCUT2D eigenvalue weighted by atomic mass is 10.1. The number of amides is 1. The number of rotatable bonds is 2. The molecule has 0 heterocycles. The van der Waals surface area contributed by atoms with Gasteiger partial charge in [0.15, 0.2) is 5.82 Å². The first-order chi connectivity index (χ1) is 9.40. The summed E-state index contributed by atoms with van der Waals surface area (Å²) in [5.74, 6) is -2.89. The van der Waals surface area contributed by atoms with Crippen molar-refractivity contribution in [3.63, 3.8) is 0 Å². The topological polar surface area (TPSA) is 55.1 Å². The molecule has 0 bridgehead atoms. The number of anilines is 2. The average molecular weight is 341 g/mol. The fraction of sp³-hybridized carbons (Fsp3) is 0.0714. The van der Waals surface area contributed by atoms with E-state index in [1.165, 1.54) is 0 Å². The van der Waals surface area contributed by atoms with Crippen LogP contribution >= 0.6 is 15.9 Å². The van der Waals surface area contributed by atoms with Crippen LogP contribution in [0.3, 0.4) is 0 Å². The minimum absolute atomic E-state index is 0.274. The van der Waals surface area contributed by atoms with Crippen LogP contribution in [0, 0.1) is 18.6 Å². The second kappa shape index (κ2) is 5.58. The fourth-order valence-electron chi connectivity index (χ4n) is 1.73. The zero-order valence-electron chi connectivity index (χ0n) is 10.5. The van der Waals surface area contributed by atoms with Crippen molar-refractivity contribution >= 4 is 33.2 Å². The van der Waals surface area contributed by atoms with Crippen molar-refractivity contribution in [2.45, 2.75) is 6.92 Å². The van der Waals surface area contributed by atoms with Gasteiger partial charge in [-0.15, -0.1) is 0 Å². The minimum atomic E-state index is -1.06. The van der Waals surface area contributed by atoms with Gasteiger partial charge in [0.25, 0.3) is 5.91 Å². The van der Waals surface area contributed by atoms with Gasteiger partial charge in [-0.3, -0.25) is 4.79 Å². The summed E-state index contributed by atoms with van der Waals surface area (Å²) in [5, 5.41) is 2.47. The first-order valence-corrected chi connectivity index (χ1v) is 6.50. The third-order valence-electron chi connectivity index (χ3n) is 2.78. The molecule has 3 nitrogen and oxygen atoms in total. The summed E-state index contributed by atoms with van der Waals surface area (Å²) in [6.07, 6.45) is 0. The second-order valence-corrected chi connectivity index (χ2v) is 5.15. The van der Waals surface area contributed by atoms with Crippen molar-refractivity contribution in [1.29, 1.82) is 0 Å². The normalized spacial score (nSPS) is 10.4. The molecule has 0 saturated carbocycles. The van der Waals surface area contributed by atoms with Crippen LogP contribution in [0.4, 0.5) is 20.2 Å². The smallest absolute Gasteiger partial charge is 0.261 e. The van der Waals surface area contributed by atoms with Crippen LogP contribution in [-0.2, 0) is 0 Å². The molecule has 2 aromatic rings. The zero-order valence-corrected chi connectivity index (χ0v) is 12.1. The first-order valence-electron chi connectivity index (χ1n) is 5.71. The molecular formula is C14H11BrF2N2O. The van der Waals surface area contributed by atoms with E-state index in [-0.39, 0.29) is 5.69 Å². The molecule has 6 heteroatoms. The number of nitrogens with one attached hydrogen (secondary N) is 1. The van der Waals surface area contributed by atoms with Gasteiger partial charge in [-0.25, -0.2) is 8.78 Å². The van der Waals surface area contributed by atoms with E-state index in [0.717, 1.165) is 22.2 Å². The number of benzene rings is 2. The highest BCUT2D eigenvalue weighted by molar-refractivity contribution is 9.10. The van der Waals surface area contributed by atoms with E-state index in [2.05, 4.69) is 21.2 Å². The molecule has 0 aliphatic carbocycles. The molecule has 3 N–H and O–H groups in total. The Balaban J connectivity index is 2.36. The molecule has 0 aliphatic heterocycles. The molecule has 0 radical (unpaired) electrons. The molecule has 0 atom stereocenters. The largest absolute Gasteiger partial charge is 0.396 e. The van der Waals surface area contributed by atoms with Gasteiger partial charge in [0, 0.05) is 10.2 Å². The number of nitrogen functional groups attached to an aromatic ring is 1. The Bertz CT molecular complexity index is 689. The van der Waals surface area contributed by atoms with Gasteiger partial charge in [-0.2, -0.15) is 0 Å². The van der Waals surface area contributed by atoms with Gasteiger partial charge < -0.3 is 11.1 Å². The van der Waals surface area contributed by atoms with E-state index in [1.54, 1.807) is 25.1 Å². The predicted octanol–water partition coefficient (Wildman–Crippen LogP) is 3.87. The molecule has 1 amide bonds. The first kappa shape index (κ1) is 14.5. The SMILES string of the molecule is Cc1cc(Br)ccc1NC(=O)c1c(F)ccc(N)c1F. The number of aryl methyl sites for hydroxylation is 1. The standard InChI is InChI=1S/C14H11BrF2N2O/c1-7-6-8(15)2-5-11(7)19-14(20)12-9(16)3-4-10(18)13(12)17/h2-6H,18H2,1H3,(H,19,20). The van der Waals surface area contributed by atoms with E-state index in [4.69, 9.17) is 5.73 Å². The van der Waals surface area contributed by atoms with Gasteiger partial charge >= 0.3 is 0 Å². The summed E-state index contributed by atoms with van der Waals surface area (Å²) in [6, 6.07) is 7.17. The molecule has 2 aromatic carbocycles. The van der Waals surface area contributed by atoms with Crippen LogP contribution in [0.1, 0.15) is 15.9 Å². The highest BCUT2D eigenvalue weighted by atomic mass is 79.9. The number of hydrogen-bond acceptors (Lipinski definition) is 2. The van der Waals surface area contributed by atoms with E-state index in [0.29, 0.717) is 5.69 Å². The highest BCUT2D eigenvalue weighted by Crippen LogP contribution is 2.23. The summed E-state index contributed by atoms with van der Waals surface area (Å²) in [5.41, 5.74) is 5.61. The average Bonchev–Trinajstić information content (AvgIpc) is 2.38. The zero-order chi connectivity index (χ0) is 14.9. The van der Waals surface area contributed by atoms with E-state index >= 15 is 0 Å². The number of nitrogens with two attached hydrogens (primary N) is 1. The van der Waals surface area contributed by atoms with Crippen LogP contribution in [0.25, 0.3) is 0 Å². The summed E-state index contributed by atoms with van der Waals surface area (Å²) in [7, 11) is 0. The molecule has 0 spiro atoms. The fourth-order valence-corrected chi connectivity index (χ4v) is 2.20. The number of carbonyl (C=O) groups excluding carboxylic acids is 1. The lowest BCUT2D eigenvalue weighted by Crippen LogP contribution is -2.17. The number of hydrogen-bond donors (Lipinski definition) is 2. The molecule has 0 unspecified atom stereocenters. The Kier molecular flexibility index (Phi) is 4.04. The highest BCUT2D eigenvalue weighted by Gasteiger charge is 2.20. The molecular weight excluding hydrogens is 330 g/mol. The Hall–Kier alpha value is -1.95. The maximum Gasteiger partial charge on any atom is 0.261 e. The summed E-state index contributed by atoms with van der Waals surface area (Å²) in [4.78, 5) is 12.0. The molecule has 20 heavy (non-hydrogen) atoms. The summed E-state index contributed by atoms with van der Waals surface area (Å²) in [6.45, 7) is 1.77. The molecule has 0 fully saturated rings. The van der Waals surface area contributed by atoms with Gasteiger partial charge in [0.1, 0.15) is 11.4 Å². The lowest BCUT2D eigenvalue weighted by Gasteiger charge is -2.10. The predicted molar refractivity (Wildman–Crippen MR) is 77.6 cm³/mol. The Morgan fingerprint density at radius 1 is 1.25 bits per heavy atom. The van der Waals surface area contributed by atoms with Gasteiger partial charge in [0.2, 0.25) is 0 Å². The van der Waals surface area contributed by atoms with Crippen molar-refractivity contribution in [2.75, 3.05) is 11.1 Å². The lowest BCUT2D eigenvalue weighted by molar-refractivity contribution is 0.101. The van der Waals surface area contributed by atoms with Gasteiger partial charge in [0.05, 0.1) is 5.69 Å². The Morgan fingerprint density at radius 3 is 2.60 bits per heavy atom. The number of halogens is 3. The van der Waals surface area contributed by atoms with Crippen molar-refractivity contribution < 1.29 is 13.6 Å². The van der Waals surface area contributed by atoms with Crippen LogP contribution < -0.4 is 11.1 Å². The van der Waals surface area contributed by atoms with Gasteiger partial charge in [-0.1, -0.05) is 15.9 Å². The Morgan fingerprint density at radius 2 is 1.95 bits per heavy atom. The number of carbonyl (C=O) groups is 1. The van der Waals surface area contributed by atoms with E-state index in [1.807, 2.05) is 0 Å². The van der Waals surface area contributed by atoms with Crippen molar-refractivity contribution in [1.82, 2.24) is 0 Å². The molecule has 0 saturated heterocycles. The summed E-state index contributed by atoms with van der Waals surface area (Å²) >= 11 is 3.29. The molecule has 0 aliphatic rings. The monoisotopic (exact) mass is 340 g/mol. The van der Waals surface area contributed by atoms with Crippen molar-refractivity contribution in [3.05, 3.63) is 57.6 Å². The third kappa shape index (κ3) is 2.80. The van der Waals surface area contributed by atoms with E-state index in [9.17, 15) is 13.6 Å².